The smallest absolute Gasteiger partial charge is 0.0822 e. The lowest BCUT2D eigenvalue weighted by Gasteiger charge is -2.02. The predicted octanol–water partition coefficient (Wildman–Crippen LogP) is 1.50. The molecule has 4 N–H and O–H groups in total. The Balaban J connectivity index is 0.000000171. The van der Waals surface area contributed by atoms with Gasteiger partial charge in [0, 0.05) is 58.6 Å². The van der Waals surface area contributed by atoms with Crippen molar-refractivity contribution in [3.63, 3.8) is 0 Å². The minimum absolute atomic E-state index is 0.746. The van der Waals surface area contributed by atoms with Gasteiger partial charge in [0.05, 0.1) is 40.3 Å². The van der Waals surface area contributed by atoms with Crippen molar-refractivity contribution < 1.29 is 0 Å². The highest BCUT2D eigenvalue weighted by Gasteiger charge is 2.04. The van der Waals surface area contributed by atoms with E-state index in [1.165, 1.54) is 0 Å². The normalized spacial score (nSPS) is 10.8. The summed E-state index contributed by atoms with van der Waals surface area (Å²) in [6.45, 7) is 5.52. The minimum Gasteiger partial charge on any atom is -0.396 e. The van der Waals surface area contributed by atoms with E-state index in [2.05, 4.69) is 20.4 Å². The molecule has 10 heteroatoms. The van der Waals surface area contributed by atoms with Crippen molar-refractivity contribution >= 4 is 11.4 Å². The molecule has 4 heterocycles. The molecular formula is C20H30N10. The lowest BCUT2D eigenvalue weighted by molar-refractivity contribution is 0.587. The zero-order chi connectivity index (χ0) is 21.7. The van der Waals surface area contributed by atoms with Crippen LogP contribution in [0.25, 0.3) is 0 Å². The zero-order valence-corrected chi connectivity index (χ0v) is 18.0. The summed E-state index contributed by atoms with van der Waals surface area (Å²) in [4.78, 5) is 0. The predicted molar refractivity (Wildman–Crippen MR) is 117 cm³/mol. The fourth-order valence-corrected chi connectivity index (χ4v) is 2.98. The average Bonchev–Trinajstić information content (AvgIpc) is 3.46. The lowest BCUT2D eigenvalue weighted by Crippen LogP contribution is -2.06. The molecule has 0 aliphatic heterocycles. The Morgan fingerprint density at radius 3 is 1.87 bits per heavy atom. The monoisotopic (exact) mass is 410 g/mol. The van der Waals surface area contributed by atoms with Gasteiger partial charge in [-0.3, -0.25) is 18.7 Å². The highest BCUT2D eigenvalue weighted by atomic mass is 15.3. The van der Waals surface area contributed by atoms with E-state index in [1.807, 2.05) is 68.0 Å². The Morgan fingerprint density at radius 2 is 1.43 bits per heavy atom. The van der Waals surface area contributed by atoms with E-state index >= 15 is 0 Å². The number of hydrogen-bond acceptors (Lipinski definition) is 6. The van der Waals surface area contributed by atoms with Gasteiger partial charge >= 0.3 is 0 Å². The van der Waals surface area contributed by atoms with Crippen molar-refractivity contribution in [3.05, 3.63) is 59.7 Å². The molecule has 10 nitrogen and oxygen atoms in total. The molecule has 0 amide bonds. The second kappa shape index (κ2) is 9.29. The molecule has 0 radical (unpaired) electrons. The summed E-state index contributed by atoms with van der Waals surface area (Å²) in [5, 5.41) is 17.1. The molecule has 0 fully saturated rings. The summed E-state index contributed by atoms with van der Waals surface area (Å²) in [5.41, 5.74) is 17.0. The summed E-state index contributed by atoms with van der Waals surface area (Å²) in [6.07, 6.45) is 9.19. The third-order valence-corrected chi connectivity index (χ3v) is 4.84. The van der Waals surface area contributed by atoms with E-state index < -0.39 is 0 Å². The number of anilines is 2. The Bertz CT molecular complexity index is 1060. The van der Waals surface area contributed by atoms with E-state index in [1.54, 1.807) is 15.6 Å². The molecule has 0 saturated heterocycles. The Morgan fingerprint density at radius 1 is 0.833 bits per heavy atom. The maximum absolute atomic E-state index is 5.71. The van der Waals surface area contributed by atoms with Gasteiger partial charge in [0.25, 0.3) is 0 Å². The van der Waals surface area contributed by atoms with Gasteiger partial charge < -0.3 is 11.5 Å². The molecule has 0 aromatic carbocycles. The van der Waals surface area contributed by atoms with E-state index in [4.69, 9.17) is 11.5 Å². The van der Waals surface area contributed by atoms with Crippen LogP contribution < -0.4 is 11.5 Å². The van der Waals surface area contributed by atoms with Crippen LogP contribution in [0.5, 0.6) is 0 Å². The first kappa shape index (κ1) is 21.2. The molecule has 30 heavy (non-hydrogen) atoms. The number of hydrogen-bond donors (Lipinski definition) is 2. The molecule has 0 atom stereocenters. The number of nitrogen functional groups attached to an aromatic ring is 2. The van der Waals surface area contributed by atoms with Gasteiger partial charge in [-0.1, -0.05) is 0 Å². The van der Waals surface area contributed by atoms with Crippen LogP contribution in [0.15, 0.2) is 36.9 Å². The number of aryl methyl sites for hydroxylation is 7. The molecule has 0 saturated carbocycles. The molecule has 0 aliphatic rings. The van der Waals surface area contributed by atoms with Crippen LogP contribution in [0.2, 0.25) is 0 Å². The van der Waals surface area contributed by atoms with Crippen LogP contribution in [0.3, 0.4) is 0 Å². The van der Waals surface area contributed by atoms with Crippen molar-refractivity contribution in [1.82, 2.24) is 39.1 Å². The molecule has 4 rings (SSSR count). The summed E-state index contributed by atoms with van der Waals surface area (Å²) < 4.78 is 7.38. The van der Waals surface area contributed by atoms with Gasteiger partial charge in [-0.25, -0.2) is 0 Å². The van der Waals surface area contributed by atoms with E-state index in [9.17, 15) is 0 Å². The molecule has 0 aliphatic carbocycles. The summed E-state index contributed by atoms with van der Waals surface area (Å²) >= 11 is 0. The summed E-state index contributed by atoms with van der Waals surface area (Å²) in [6, 6.07) is 4.03. The molecule has 0 unspecified atom stereocenters. The van der Waals surface area contributed by atoms with Crippen LogP contribution in [0.1, 0.15) is 22.8 Å². The summed E-state index contributed by atoms with van der Waals surface area (Å²) in [5.74, 6) is 0. The van der Waals surface area contributed by atoms with Crippen LogP contribution in [0.4, 0.5) is 11.4 Å². The third kappa shape index (κ3) is 5.49. The molecule has 0 bridgehead atoms. The molecule has 0 spiro atoms. The van der Waals surface area contributed by atoms with Gasteiger partial charge in [-0.05, 0) is 26.0 Å². The summed E-state index contributed by atoms with van der Waals surface area (Å²) in [7, 11) is 3.83. The first-order valence-corrected chi connectivity index (χ1v) is 9.86. The van der Waals surface area contributed by atoms with Gasteiger partial charge in [0.2, 0.25) is 0 Å². The second-order valence-corrected chi connectivity index (χ2v) is 7.30. The number of nitrogens with two attached hydrogens (primary N) is 2. The Kier molecular flexibility index (Phi) is 6.55. The fraction of sp³-hybridized carbons (Fsp3) is 0.400. The zero-order valence-electron chi connectivity index (χ0n) is 18.0. The minimum atomic E-state index is 0.746. The quantitative estimate of drug-likeness (QED) is 0.496. The second-order valence-electron chi connectivity index (χ2n) is 7.30. The van der Waals surface area contributed by atoms with Gasteiger partial charge in [-0.2, -0.15) is 20.4 Å². The van der Waals surface area contributed by atoms with Crippen molar-refractivity contribution in [2.75, 3.05) is 11.5 Å². The Labute approximate surface area is 176 Å². The maximum Gasteiger partial charge on any atom is 0.0822 e. The first-order valence-electron chi connectivity index (χ1n) is 9.86. The largest absolute Gasteiger partial charge is 0.396 e. The van der Waals surface area contributed by atoms with Crippen molar-refractivity contribution in [2.24, 2.45) is 14.1 Å². The van der Waals surface area contributed by atoms with Crippen molar-refractivity contribution in [3.8, 4) is 0 Å². The fourth-order valence-electron chi connectivity index (χ4n) is 2.98. The van der Waals surface area contributed by atoms with E-state index in [0.29, 0.717) is 0 Å². The molecule has 4 aromatic rings. The molecule has 160 valence electrons. The van der Waals surface area contributed by atoms with Gasteiger partial charge in [0.1, 0.15) is 0 Å². The van der Waals surface area contributed by atoms with E-state index in [-0.39, 0.29) is 0 Å². The van der Waals surface area contributed by atoms with E-state index in [0.717, 1.165) is 60.1 Å². The highest BCUT2D eigenvalue weighted by Crippen LogP contribution is 2.09. The third-order valence-electron chi connectivity index (χ3n) is 4.84. The van der Waals surface area contributed by atoms with Crippen LogP contribution >= 0.6 is 0 Å². The van der Waals surface area contributed by atoms with Crippen molar-refractivity contribution in [2.45, 2.75) is 39.8 Å². The molecular weight excluding hydrogens is 380 g/mol. The van der Waals surface area contributed by atoms with Crippen LogP contribution in [-0.4, -0.2) is 39.1 Å². The lowest BCUT2D eigenvalue weighted by atomic mass is 10.3. The molecule has 4 aromatic heterocycles. The number of nitrogens with zero attached hydrogens (tertiary/aromatic N) is 8. The maximum atomic E-state index is 5.71. The van der Waals surface area contributed by atoms with Gasteiger partial charge in [-0.15, -0.1) is 0 Å². The first-order chi connectivity index (χ1) is 14.3. The van der Waals surface area contributed by atoms with Crippen molar-refractivity contribution in [1.29, 1.82) is 0 Å². The number of aromatic nitrogens is 8. The standard InChI is InChI=1S/2C10H15N5/c1-8-10(11)7-15(12-8)6-4-9-3-5-14(2)13-9;1-8-10(11)7-12-15(8)6-4-9-3-5-14(2)13-9/h2*3,5,7H,4,6,11H2,1-2H3. The average molecular weight is 411 g/mol. The van der Waals surface area contributed by atoms with Crippen LogP contribution in [-0.2, 0) is 40.0 Å². The Hall–Kier alpha value is -3.56. The SMILES string of the molecule is Cc1c(N)cnn1CCc1ccn(C)n1.Cc1nn(CCc2ccn(C)n2)cc1N. The topological polar surface area (TPSA) is 123 Å². The highest BCUT2D eigenvalue weighted by molar-refractivity contribution is 5.40. The van der Waals surface area contributed by atoms with Crippen LogP contribution in [0, 0.1) is 13.8 Å². The van der Waals surface area contributed by atoms with Gasteiger partial charge in [0.15, 0.2) is 0 Å². The number of rotatable bonds is 6.